The van der Waals surface area contributed by atoms with Crippen LogP contribution in [0.5, 0.6) is 0 Å². The van der Waals surface area contributed by atoms with E-state index in [1.807, 2.05) is 6.92 Å². The molecule has 4 heteroatoms. The molecular formula is C10H17NO3. The van der Waals surface area contributed by atoms with Gasteiger partial charge in [0, 0.05) is 0 Å². The summed E-state index contributed by atoms with van der Waals surface area (Å²) in [5, 5.41) is 0. The Morgan fingerprint density at radius 1 is 1.43 bits per heavy atom. The van der Waals surface area contributed by atoms with Gasteiger partial charge in [-0.15, -0.1) is 0 Å². The molecule has 0 aromatic carbocycles. The van der Waals surface area contributed by atoms with Gasteiger partial charge in [0.25, 0.3) is 0 Å². The molecule has 0 spiro atoms. The molecule has 1 aliphatic carbocycles. The van der Waals surface area contributed by atoms with Crippen molar-refractivity contribution in [3.8, 4) is 0 Å². The summed E-state index contributed by atoms with van der Waals surface area (Å²) in [7, 11) is 0. The molecule has 2 N–H and O–H groups in total. The number of amides is 1. The number of hydrogen-bond acceptors (Lipinski definition) is 3. The minimum Gasteiger partial charge on any atom is -0.459 e. The van der Waals surface area contributed by atoms with Crippen molar-refractivity contribution in [1.29, 1.82) is 0 Å². The summed E-state index contributed by atoms with van der Waals surface area (Å²) in [4.78, 5) is 22.8. The third-order valence-electron chi connectivity index (χ3n) is 2.51. The van der Waals surface area contributed by atoms with E-state index >= 15 is 0 Å². The number of primary amides is 1. The maximum atomic E-state index is 11.7. The van der Waals surface area contributed by atoms with Crippen molar-refractivity contribution in [2.75, 3.05) is 0 Å². The lowest BCUT2D eigenvalue weighted by Crippen LogP contribution is -2.38. The van der Waals surface area contributed by atoms with E-state index < -0.39 is 22.9 Å². The van der Waals surface area contributed by atoms with Crippen molar-refractivity contribution in [2.24, 2.45) is 17.1 Å². The SMILES string of the molecule is C[C@@H]1C[C@@]1(C(N)=O)C(=O)OC(C)(C)C. The van der Waals surface area contributed by atoms with Crippen LogP contribution in [0.3, 0.4) is 0 Å². The molecule has 0 heterocycles. The predicted molar refractivity (Wildman–Crippen MR) is 51.3 cm³/mol. The summed E-state index contributed by atoms with van der Waals surface area (Å²) < 4.78 is 5.16. The Labute approximate surface area is 83.8 Å². The van der Waals surface area contributed by atoms with Gasteiger partial charge >= 0.3 is 5.97 Å². The predicted octanol–water partition coefficient (Wildman–Crippen LogP) is 0.840. The van der Waals surface area contributed by atoms with Gasteiger partial charge < -0.3 is 10.5 Å². The first-order valence-corrected chi connectivity index (χ1v) is 4.73. The largest absolute Gasteiger partial charge is 0.459 e. The molecule has 1 aliphatic rings. The van der Waals surface area contributed by atoms with Crippen LogP contribution in [0.4, 0.5) is 0 Å². The Morgan fingerprint density at radius 2 is 1.86 bits per heavy atom. The maximum absolute atomic E-state index is 11.7. The highest BCUT2D eigenvalue weighted by atomic mass is 16.6. The fraction of sp³-hybridized carbons (Fsp3) is 0.800. The zero-order valence-corrected chi connectivity index (χ0v) is 9.09. The fourth-order valence-electron chi connectivity index (χ4n) is 1.52. The van der Waals surface area contributed by atoms with Gasteiger partial charge in [-0.1, -0.05) is 6.92 Å². The molecule has 0 unspecified atom stereocenters. The molecule has 0 aliphatic heterocycles. The van der Waals surface area contributed by atoms with E-state index in [-0.39, 0.29) is 5.92 Å². The van der Waals surface area contributed by atoms with Crippen molar-refractivity contribution in [3.05, 3.63) is 0 Å². The number of rotatable bonds is 2. The van der Waals surface area contributed by atoms with Gasteiger partial charge in [-0.2, -0.15) is 0 Å². The summed E-state index contributed by atoms with van der Waals surface area (Å²) >= 11 is 0. The molecule has 1 amide bonds. The summed E-state index contributed by atoms with van der Waals surface area (Å²) in [5.41, 5.74) is 3.59. The first kappa shape index (κ1) is 11.0. The Bertz CT molecular complexity index is 280. The van der Waals surface area contributed by atoms with Gasteiger partial charge in [0.2, 0.25) is 5.91 Å². The second-order valence-corrected chi connectivity index (χ2v) is 4.94. The summed E-state index contributed by atoms with van der Waals surface area (Å²) in [5.74, 6) is -1.04. The maximum Gasteiger partial charge on any atom is 0.322 e. The van der Waals surface area contributed by atoms with E-state index in [2.05, 4.69) is 0 Å². The Hall–Kier alpha value is -1.06. The van der Waals surface area contributed by atoms with Gasteiger partial charge in [0.15, 0.2) is 0 Å². The monoisotopic (exact) mass is 199 g/mol. The van der Waals surface area contributed by atoms with Crippen LogP contribution in [0.15, 0.2) is 0 Å². The third kappa shape index (κ3) is 1.74. The van der Waals surface area contributed by atoms with Crippen molar-refractivity contribution >= 4 is 11.9 Å². The normalized spacial score (nSPS) is 31.0. The van der Waals surface area contributed by atoms with Gasteiger partial charge in [0.1, 0.15) is 11.0 Å². The lowest BCUT2D eigenvalue weighted by molar-refractivity contribution is -0.164. The first-order valence-electron chi connectivity index (χ1n) is 4.73. The highest BCUT2D eigenvalue weighted by Gasteiger charge is 2.64. The zero-order valence-electron chi connectivity index (χ0n) is 9.09. The van der Waals surface area contributed by atoms with E-state index in [9.17, 15) is 9.59 Å². The van der Waals surface area contributed by atoms with Crippen molar-refractivity contribution < 1.29 is 14.3 Å². The second kappa shape index (κ2) is 2.97. The summed E-state index contributed by atoms with van der Waals surface area (Å²) in [6.45, 7) is 7.14. The highest BCUT2D eigenvalue weighted by Crippen LogP contribution is 2.53. The first-order chi connectivity index (χ1) is 6.20. The van der Waals surface area contributed by atoms with Crippen molar-refractivity contribution in [1.82, 2.24) is 0 Å². The average molecular weight is 199 g/mol. The number of carbonyl (C=O) groups is 2. The molecule has 0 radical (unpaired) electrons. The molecule has 0 bridgehead atoms. The lowest BCUT2D eigenvalue weighted by atomic mass is 10.0. The van der Waals surface area contributed by atoms with Gasteiger partial charge in [0.05, 0.1) is 0 Å². The zero-order chi connectivity index (χ0) is 11.1. The smallest absolute Gasteiger partial charge is 0.322 e. The molecule has 1 rings (SSSR count). The van der Waals surface area contributed by atoms with Gasteiger partial charge in [-0.05, 0) is 33.1 Å². The second-order valence-electron chi connectivity index (χ2n) is 4.94. The fourth-order valence-corrected chi connectivity index (χ4v) is 1.52. The van der Waals surface area contributed by atoms with Crippen LogP contribution in [0.2, 0.25) is 0 Å². The molecule has 2 atom stereocenters. The molecule has 0 saturated heterocycles. The van der Waals surface area contributed by atoms with E-state index in [1.54, 1.807) is 20.8 Å². The minimum atomic E-state index is -1.05. The summed E-state index contributed by atoms with van der Waals surface area (Å²) in [6, 6.07) is 0. The standard InChI is InChI=1S/C10H17NO3/c1-6-5-10(6,7(11)12)8(13)14-9(2,3)4/h6H,5H2,1-4H3,(H2,11,12)/t6-,10-/m1/s1. The lowest BCUT2D eigenvalue weighted by Gasteiger charge is -2.22. The molecule has 0 aromatic heterocycles. The number of esters is 1. The van der Waals surface area contributed by atoms with Crippen LogP contribution in [-0.2, 0) is 14.3 Å². The van der Waals surface area contributed by atoms with Gasteiger partial charge in [-0.3, -0.25) is 9.59 Å². The van der Waals surface area contributed by atoms with Crippen LogP contribution in [0.1, 0.15) is 34.1 Å². The Balaban J connectivity index is 2.75. The molecule has 14 heavy (non-hydrogen) atoms. The number of nitrogens with two attached hydrogens (primary N) is 1. The average Bonchev–Trinajstić information content (AvgIpc) is 2.58. The Morgan fingerprint density at radius 3 is 2.07 bits per heavy atom. The number of carbonyl (C=O) groups excluding carboxylic acids is 2. The topological polar surface area (TPSA) is 69.4 Å². The third-order valence-corrected chi connectivity index (χ3v) is 2.51. The van der Waals surface area contributed by atoms with Crippen LogP contribution in [0, 0.1) is 11.3 Å². The number of ether oxygens (including phenoxy) is 1. The molecule has 1 fully saturated rings. The van der Waals surface area contributed by atoms with Crippen LogP contribution < -0.4 is 5.73 Å². The highest BCUT2D eigenvalue weighted by molar-refractivity contribution is 6.05. The molecule has 1 saturated carbocycles. The van der Waals surface area contributed by atoms with Crippen LogP contribution in [0.25, 0.3) is 0 Å². The van der Waals surface area contributed by atoms with Crippen molar-refractivity contribution in [3.63, 3.8) is 0 Å². The molecule has 0 aromatic rings. The van der Waals surface area contributed by atoms with Crippen LogP contribution in [-0.4, -0.2) is 17.5 Å². The van der Waals surface area contributed by atoms with Crippen molar-refractivity contribution in [2.45, 2.75) is 39.7 Å². The Kier molecular flexibility index (Phi) is 2.34. The molecule has 4 nitrogen and oxygen atoms in total. The number of hydrogen-bond donors (Lipinski definition) is 1. The van der Waals surface area contributed by atoms with E-state index in [0.29, 0.717) is 6.42 Å². The van der Waals surface area contributed by atoms with Gasteiger partial charge in [-0.25, -0.2) is 0 Å². The van der Waals surface area contributed by atoms with E-state index in [4.69, 9.17) is 10.5 Å². The van der Waals surface area contributed by atoms with Crippen LogP contribution >= 0.6 is 0 Å². The summed E-state index contributed by atoms with van der Waals surface area (Å²) in [6.07, 6.45) is 0.511. The van der Waals surface area contributed by atoms with E-state index in [0.717, 1.165) is 0 Å². The molecule has 80 valence electrons. The molecular weight excluding hydrogens is 182 g/mol. The minimum absolute atomic E-state index is 0.00912. The quantitative estimate of drug-likeness (QED) is 0.529. The van der Waals surface area contributed by atoms with E-state index in [1.165, 1.54) is 0 Å².